The maximum Gasteiger partial charge on any atom is 0.201 e. The van der Waals surface area contributed by atoms with E-state index in [1.54, 1.807) is 0 Å². The predicted octanol–water partition coefficient (Wildman–Crippen LogP) is 3.73. The second-order valence-corrected chi connectivity index (χ2v) is 8.30. The molecule has 1 saturated carbocycles. The lowest BCUT2D eigenvalue weighted by molar-refractivity contribution is 0.0688. The summed E-state index contributed by atoms with van der Waals surface area (Å²) in [6.07, 6.45) is 4.46. The fourth-order valence-electron chi connectivity index (χ4n) is 4.58. The minimum absolute atomic E-state index is 0.249. The zero-order chi connectivity index (χ0) is 19.1. The molecule has 1 aromatic carbocycles. The second kappa shape index (κ2) is 7.41. The van der Waals surface area contributed by atoms with Gasteiger partial charge in [0.05, 0.1) is 36.6 Å². The summed E-state index contributed by atoms with van der Waals surface area (Å²) in [4.78, 5) is 4.67. The number of aromatic nitrogens is 1. The topological polar surface area (TPSA) is 68.0 Å². The molecule has 1 aliphatic carbocycles. The number of anilines is 1. The van der Waals surface area contributed by atoms with Gasteiger partial charge in [-0.05, 0) is 56.7 Å². The number of hydrogen-bond acceptors (Lipinski definition) is 5. The average Bonchev–Trinajstić information content (AvgIpc) is 3.53. The number of hydrogen-bond donors (Lipinski definition) is 2. The molecule has 150 valence electrons. The Balaban J connectivity index is 1.60. The standard InChI is InChI=1S/C22H29N3O3/c1-14(15-2-3-15)24-16-4-5-20-18(12-16)21(19-13-28-11-8-23-19)22(26)25(20)17-6-9-27-10-7-17/h4-5,12,14-15,17,24,26H,2-3,6-11,13H2,1H3. The normalized spacial score (nSPS) is 22.2. The van der Waals surface area contributed by atoms with Crippen molar-refractivity contribution in [3.05, 3.63) is 23.8 Å². The summed E-state index contributed by atoms with van der Waals surface area (Å²) in [6.45, 7) is 5.48. The van der Waals surface area contributed by atoms with Crippen molar-refractivity contribution in [1.29, 1.82) is 0 Å². The highest BCUT2D eigenvalue weighted by Crippen LogP contribution is 2.40. The van der Waals surface area contributed by atoms with Gasteiger partial charge in [0.25, 0.3) is 0 Å². The van der Waals surface area contributed by atoms with Crippen molar-refractivity contribution in [3.63, 3.8) is 0 Å². The van der Waals surface area contributed by atoms with Gasteiger partial charge >= 0.3 is 0 Å². The van der Waals surface area contributed by atoms with Crippen LogP contribution in [0.2, 0.25) is 0 Å². The van der Waals surface area contributed by atoms with E-state index in [2.05, 4.69) is 40.0 Å². The fraction of sp³-hybridized carbons (Fsp3) is 0.591. The van der Waals surface area contributed by atoms with Crippen molar-refractivity contribution in [2.24, 2.45) is 10.9 Å². The van der Waals surface area contributed by atoms with E-state index in [1.165, 1.54) is 12.8 Å². The van der Waals surface area contributed by atoms with E-state index in [0.29, 0.717) is 31.7 Å². The number of aliphatic imine (C=N–C) groups is 1. The molecule has 3 aliphatic rings. The molecule has 5 rings (SSSR count). The third-order valence-electron chi connectivity index (χ3n) is 6.32. The van der Waals surface area contributed by atoms with Crippen LogP contribution in [0.25, 0.3) is 10.9 Å². The highest BCUT2D eigenvalue weighted by molar-refractivity contribution is 6.14. The zero-order valence-electron chi connectivity index (χ0n) is 16.5. The molecule has 1 aromatic heterocycles. The number of benzene rings is 1. The van der Waals surface area contributed by atoms with Crippen molar-refractivity contribution in [3.8, 4) is 5.88 Å². The molecule has 2 aliphatic heterocycles. The number of nitrogens with one attached hydrogen (secondary N) is 1. The van der Waals surface area contributed by atoms with Crippen LogP contribution >= 0.6 is 0 Å². The number of aromatic hydroxyl groups is 1. The van der Waals surface area contributed by atoms with Crippen LogP contribution in [0.5, 0.6) is 5.88 Å². The highest BCUT2D eigenvalue weighted by Gasteiger charge is 2.29. The summed E-state index contributed by atoms with van der Waals surface area (Å²) in [5.41, 5.74) is 3.86. The molecule has 2 aromatic rings. The third-order valence-corrected chi connectivity index (χ3v) is 6.32. The number of nitrogens with zero attached hydrogens (tertiary/aromatic N) is 2. The molecule has 0 spiro atoms. The molecule has 1 unspecified atom stereocenters. The molecule has 6 heteroatoms. The molecule has 0 radical (unpaired) electrons. The summed E-state index contributed by atoms with van der Waals surface area (Å²) < 4.78 is 13.3. The van der Waals surface area contributed by atoms with Gasteiger partial charge in [0.1, 0.15) is 0 Å². The van der Waals surface area contributed by atoms with E-state index < -0.39 is 0 Å². The minimum Gasteiger partial charge on any atom is -0.494 e. The largest absolute Gasteiger partial charge is 0.494 e. The maximum absolute atomic E-state index is 11.3. The minimum atomic E-state index is 0.249. The lowest BCUT2D eigenvalue weighted by atomic mass is 10.1. The van der Waals surface area contributed by atoms with Gasteiger partial charge in [-0.25, -0.2) is 0 Å². The molecule has 2 N–H and O–H groups in total. The van der Waals surface area contributed by atoms with Crippen molar-refractivity contribution < 1.29 is 14.6 Å². The summed E-state index contributed by atoms with van der Waals surface area (Å²) >= 11 is 0. The number of fused-ring (bicyclic) bond motifs is 1. The molecule has 2 fully saturated rings. The lowest BCUT2D eigenvalue weighted by Gasteiger charge is -2.25. The van der Waals surface area contributed by atoms with Crippen LogP contribution in [-0.2, 0) is 9.47 Å². The van der Waals surface area contributed by atoms with E-state index in [-0.39, 0.29) is 6.04 Å². The van der Waals surface area contributed by atoms with Crippen LogP contribution in [0.15, 0.2) is 23.2 Å². The second-order valence-electron chi connectivity index (χ2n) is 8.30. The SMILES string of the molecule is CC(Nc1ccc2c(c1)c(C1=NCCOC1)c(O)n2C1CCOCC1)C1CC1. The van der Waals surface area contributed by atoms with Gasteiger partial charge < -0.3 is 24.5 Å². The highest BCUT2D eigenvalue weighted by atomic mass is 16.5. The fourth-order valence-corrected chi connectivity index (χ4v) is 4.58. The number of rotatable bonds is 5. The molecule has 0 bridgehead atoms. The Labute approximate surface area is 165 Å². The van der Waals surface area contributed by atoms with E-state index in [0.717, 1.165) is 59.8 Å². The Kier molecular flexibility index (Phi) is 4.77. The summed E-state index contributed by atoms with van der Waals surface area (Å²) in [5.74, 6) is 1.10. The van der Waals surface area contributed by atoms with Crippen LogP contribution in [-0.4, -0.2) is 54.4 Å². The van der Waals surface area contributed by atoms with Crippen LogP contribution in [0.3, 0.4) is 0 Å². The van der Waals surface area contributed by atoms with Gasteiger partial charge in [-0.3, -0.25) is 4.99 Å². The van der Waals surface area contributed by atoms with Crippen molar-refractivity contribution >= 4 is 22.3 Å². The molecule has 28 heavy (non-hydrogen) atoms. The van der Waals surface area contributed by atoms with E-state index in [1.807, 2.05) is 0 Å². The van der Waals surface area contributed by atoms with E-state index in [4.69, 9.17) is 9.47 Å². The predicted molar refractivity (Wildman–Crippen MR) is 111 cm³/mol. The van der Waals surface area contributed by atoms with E-state index in [9.17, 15) is 5.11 Å². The third kappa shape index (κ3) is 3.29. The summed E-state index contributed by atoms with van der Waals surface area (Å²) in [7, 11) is 0. The van der Waals surface area contributed by atoms with Gasteiger partial charge in [0.15, 0.2) is 0 Å². The molecule has 6 nitrogen and oxygen atoms in total. The van der Waals surface area contributed by atoms with Crippen molar-refractivity contribution in [2.75, 3.05) is 38.3 Å². The van der Waals surface area contributed by atoms with Gasteiger partial charge in [0, 0.05) is 36.4 Å². The Bertz CT molecular complexity index is 894. The summed E-state index contributed by atoms with van der Waals surface area (Å²) in [6, 6.07) is 7.18. The number of ether oxygens (including phenoxy) is 2. The first kappa shape index (κ1) is 18.0. The first-order chi connectivity index (χ1) is 13.7. The maximum atomic E-state index is 11.3. The Morgan fingerprint density at radius 2 is 1.96 bits per heavy atom. The van der Waals surface area contributed by atoms with Crippen molar-refractivity contribution in [2.45, 2.75) is 44.7 Å². The summed E-state index contributed by atoms with van der Waals surface area (Å²) in [5, 5.41) is 16.0. The molecular formula is C22H29N3O3. The van der Waals surface area contributed by atoms with Gasteiger partial charge in [-0.2, -0.15) is 0 Å². The molecule has 1 atom stereocenters. The Hall–Kier alpha value is -2.05. The van der Waals surface area contributed by atoms with E-state index >= 15 is 0 Å². The lowest BCUT2D eigenvalue weighted by Crippen LogP contribution is -2.20. The zero-order valence-corrected chi connectivity index (χ0v) is 16.5. The quantitative estimate of drug-likeness (QED) is 0.826. The first-order valence-electron chi connectivity index (χ1n) is 10.5. The monoisotopic (exact) mass is 383 g/mol. The van der Waals surface area contributed by atoms with Crippen LogP contribution in [0.1, 0.15) is 44.2 Å². The Morgan fingerprint density at radius 1 is 1.14 bits per heavy atom. The first-order valence-corrected chi connectivity index (χ1v) is 10.5. The van der Waals surface area contributed by atoms with Crippen LogP contribution in [0, 0.1) is 5.92 Å². The molecule has 1 saturated heterocycles. The van der Waals surface area contributed by atoms with Crippen LogP contribution < -0.4 is 5.32 Å². The van der Waals surface area contributed by atoms with Gasteiger partial charge in [-0.15, -0.1) is 0 Å². The van der Waals surface area contributed by atoms with Gasteiger partial charge in [0.2, 0.25) is 5.88 Å². The van der Waals surface area contributed by atoms with Crippen molar-refractivity contribution in [1.82, 2.24) is 4.57 Å². The smallest absolute Gasteiger partial charge is 0.201 e. The molecular weight excluding hydrogens is 354 g/mol. The Morgan fingerprint density at radius 3 is 2.68 bits per heavy atom. The van der Waals surface area contributed by atoms with Gasteiger partial charge in [-0.1, -0.05) is 0 Å². The van der Waals surface area contributed by atoms with Crippen LogP contribution in [0.4, 0.5) is 5.69 Å². The average molecular weight is 383 g/mol. The molecule has 0 amide bonds. The molecule has 3 heterocycles.